The normalized spacial score (nSPS) is 9.75. The Morgan fingerprint density at radius 3 is 2.88 bits per heavy atom. The number of anilines is 1. The molecule has 0 aliphatic heterocycles. The van der Waals surface area contributed by atoms with Crippen LogP contribution in [-0.4, -0.2) is 0 Å². The van der Waals surface area contributed by atoms with Crippen molar-refractivity contribution in [1.29, 1.82) is 5.26 Å². The Morgan fingerprint density at radius 2 is 2.25 bits per heavy atom. The second kappa shape index (κ2) is 4.77. The number of nitrogens with one attached hydrogen (secondary N) is 1. The third-order valence-electron chi connectivity index (χ3n) is 2.16. The summed E-state index contributed by atoms with van der Waals surface area (Å²) in [7, 11) is 0. The van der Waals surface area contributed by atoms with Crippen LogP contribution >= 0.6 is 11.3 Å². The lowest BCUT2D eigenvalue weighted by atomic mass is 10.2. The minimum absolute atomic E-state index is 0.332. The summed E-state index contributed by atoms with van der Waals surface area (Å²) in [5, 5.41) is 15.6. The van der Waals surface area contributed by atoms with Gasteiger partial charge in [0.2, 0.25) is 0 Å². The Hall–Kier alpha value is -1.86. The lowest BCUT2D eigenvalue weighted by Crippen LogP contribution is -2.00. The first-order valence-corrected chi connectivity index (χ1v) is 5.68. The van der Waals surface area contributed by atoms with Crippen LogP contribution < -0.4 is 5.32 Å². The lowest BCUT2D eigenvalue weighted by molar-refractivity contribution is 0.629. The van der Waals surface area contributed by atoms with E-state index in [9.17, 15) is 4.39 Å². The number of thiophene rings is 1. The van der Waals surface area contributed by atoms with Crippen LogP contribution in [0.5, 0.6) is 0 Å². The Labute approximate surface area is 97.0 Å². The zero-order valence-corrected chi connectivity index (χ0v) is 9.22. The fraction of sp³-hybridized carbons (Fsp3) is 0.0833. The predicted molar refractivity (Wildman–Crippen MR) is 62.8 cm³/mol. The minimum atomic E-state index is -0.394. The number of nitriles is 1. The quantitative estimate of drug-likeness (QED) is 0.880. The lowest BCUT2D eigenvalue weighted by Gasteiger charge is -2.06. The highest BCUT2D eigenvalue weighted by Crippen LogP contribution is 2.17. The molecule has 0 aliphatic rings. The number of halogens is 1. The van der Waals surface area contributed by atoms with E-state index in [1.807, 2.05) is 22.9 Å². The van der Waals surface area contributed by atoms with E-state index >= 15 is 0 Å². The molecule has 0 unspecified atom stereocenters. The summed E-state index contributed by atoms with van der Waals surface area (Å²) < 4.78 is 13.5. The molecular weight excluding hydrogens is 223 g/mol. The fourth-order valence-corrected chi connectivity index (χ4v) is 1.99. The molecule has 0 bridgehead atoms. The molecule has 0 fully saturated rings. The predicted octanol–water partition coefficient (Wildman–Crippen LogP) is 3.37. The van der Waals surface area contributed by atoms with Gasteiger partial charge in [-0.1, -0.05) is 0 Å². The van der Waals surface area contributed by atoms with Crippen LogP contribution in [0.15, 0.2) is 35.0 Å². The molecule has 1 aromatic heterocycles. The molecule has 0 spiro atoms. The average Bonchev–Trinajstić information content (AvgIpc) is 2.80. The number of benzene rings is 1. The number of nitrogens with zero attached hydrogens (tertiary/aromatic N) is 1. The molecule has 1 aromatic carbocycles. The summed E-state index contributed by atoms with van der Waals surface area (Å²) in [6.45, 7) is 0.590. The van der Waals surface area contributed by atoms with Gasteiger partial charge in [0.05, 0.1) is 17.3 Å². The number of rotatable bonds is 3. The van der Waals surface area contributed by atoms with Crippen molar-refractivity contribution in [2.24, 2.45) is 0 Å². The highest BCUT2D eigenvalue weighted by atomic mass is 32.1. The van der Waals surface area contributed by atoms with Crippen LogP contribution in [0.3, 0.4) is 0 Å². The van der Waals surface area contributed by atoms with Gasteiger partial charge in [-0.3, -0.25) is 0 Å². The van der Waals surface area contributed by atoms with Crippen LogP contribution in [0.25, 0.3) is 0 Å². The average molecular weight is 232 g/mol. The van der Waals surface area contributed by atoms with Crippen molar-refractivity contribution < 1.29 is 4.39 Å². The zero-order chi connectivity index (χ0) is 11.4. The molecule has 2 nitrogen and oxygen atoms in total. The Morgan fingerprint density at radius 1 is 1.38 bits per heavy atom. The van der Waals surface area contributed by atoms with Crippen LogP contribution in [-0.2, 0) is 6.54 Å². The van der Waals surface area contributed by atoms with Gasteiger partial charge in [0.25, 0.3) is 0 Å². The van der Waals surface area contributed by atoms with Crippen LogP contribution in [0.2, 0.25) is 0 Å². The van der Waals surface area contributed by atoms with Crippen LogP contribution in [0.4, 0.5) is 10.1 Å². The zero-order valence-electron chi connectivity index (χ0n) is 8.40. The largest absolute Gasteiger partial charge is 0.379 e. The van der Waals surface area contributed by atoms with E-state index in [0.717, 1.165) is 5.56 Å². The monoisotopic (exact) mass is 232 g/mol. The molecule has 1 heterocycles. The smallest absolute Gasteiger partial charge is 0.147 e. The Balaban J connectivity index is 2.08. The summed E-state index contributed by atoms with van der Waals surface area (Å²) in [5.41, 5.74) is 1.87. The van der Waals surface area contributed by atoms with E-state index < -0.39 is 5.82 Å². The van der Waals surface area contributed by atoms with E-state index in [-0.39, 0.29) is 0 Å². The first kappa shape index (κ1) is 10.7. The van der Waals surface area contributed by atoms with Crippen molar-refractivity contribution in [3.05, 3.63) is 52.0 Å². The van der Waals surface area contributed by atoms with Gasteiger partial charge >= 0.3 is 0 Å². The van der Waals surface area contributed by atoms with Crippen molar-refractivity contribution in [3.8, 4) is 6.07 Å². The molecule has 0 radical (unpaired) electrons. The molecule has 80 valence electrons. The minimum Gasteiger partial charge on any atom is -0.379 e. The summed E-state index contributed by atoms with van der Waals surface area (Å²) in [5.74, 6) is -0.394. The van der Waals surface area contributed by atoms with Crippen molar-refractivity contribution in [3.63, 3.8) is 0 Å². The van der Waals surface area contributed by atoms with Gasteiger partial charge in [-0.15, -0.1) is 0 Å². The van der Waals surface area contributed by atoms with E-state index in [1.165, 1.54) is 6.07 Å². The standard InChI is InChI=1S/C12H9FN2S/c13-11-5-9(6-14)1-2-12(11)15-7-10-3-4-16-8-10/h1-5,8,15H,7H2. The van der Waals surface area contributed by atoms with Gasteiger partial charge in [0.15, 0.2) is 0 Å². The molecule has 2 rings (SSSR count). The highest BCUT2D eigenvalue weighted by Gasteiger charge is 2.03. The number of hydrogen-bond donors (Lipinski definition) is 1. The number of hydrogen-bond acceptors (Lipinski definition) is 3. The topological polar surface area (TPSA) is 35.8 Å². The summed E-state index contributed by atoms with van der Waals surface area (Å²) in [6, 6.07) is 8.30. The second-order valence-electron chi connectivity index (χ2n) is 3.29. The van der Waals surface area contributed by atoms with Gasteiger partial charge in [-0.25, -0.2) is 4.39 Å². The van der Waals surface area contributed by atoms with Gasteiger partial charge in [0.1, 0.15) is 5.82 Å². The summed E-state index contributed by atoms with van der Waals surface area (Å²) in [4.78, 5) is 0. The van der Waals surface area contributed by atoms with Gasteiger partial charge in [0, 0.05) is 6.54 Å². The van der Waals surface area contributed by atoms with Crippen molar-refractivity contribution >= 4 is 17.0 Å². The van der Waals surface area contributed by atoms with Gasteiger partial charge in [-0.05, 0) is 40.6 Å². The molecule has 16 heavy (non-hydrogen) atoms. The van der Waals surface area contributed by atoms with Crippen molar-refractivity contribution in [2.45, 2.75) is 6.54 Å². The maximum absolute atomic E-state index is 13.5. The maximum atomic E-state index is 13.5. The third kappa shape index (κ3) is 2.38. The second-order valence-corrected chi connectivity index (χ2v) is 4.07. The van der Waals surface area contributed by atoms with E-state index in [1.54, 1.807) is 23.5 Å². The molecular formula is C12H9FN2S. The molecule has 2 aromatic rings. The molecule has 1 N–H and O–H groups in total. The molecule has 0 atom stereocenters. The SMILES string of the molecule is N#Cc1ccc(NCc2ccsc2)c(F)c1. The first-order valence-electron chi connectivity index (χ1n) is 4.74. The van der Waals surface area contributed by atoms with Gasteiger partial charge in [-0.2, -0.15) is 16.6 Å². The van der Waals surface area contributed by atoms with Gasteiger partial charge < -0.3 is 5.32 Å². The Bertz CT molecular complexity index is 514. The molecule has 0 aliphatic carbocycles. The van der Waals surface area contributed by atoms with Crippen LogP contribution in [0, 0.1) is 17.1 Å². The Kier molecular flexibility index (Phi) is 3.18. The fourth-order valence-electron chi connectivity index (χ4n) is 1.32. The van der Waals surface area contributed by atoms with Crippen molar-refractivity contribution in [2.75, 3.05) is 5.32 Å². The maximum Gasteiger partial charge on any atom is 0.147 e. The van der Waals surface area contributed by atoms with E-state index in [2.05, 4.69) is 5.32 Å². The molecule has 0 amide bonds. The molecule has 0 saturated heterocycles. The highest BCUT2D eigenvalue weighted by molar-refractivity contribution is 7.07. The van der Waals surface area contributed by atoms with Crippen LogP contribution in [0.1, 0.15) is 11.1 Å². The third-order valence-corrected chi connectivity index (χ3v) is 2.89. The summed E-state index contributed by atoms with van der Waals surface area (Å²) >= 11 is 1.61. The molecule has 4 heteroatoms. The van der Waals surface area contributed by atoms with E-state index in [0.29, 0.717) is 17.8 Å². The summed E-state index contributed by atoms with van der Waals surface area (Å²) in [6.07, 6.45) is 0. The molecule has 0 saturated carbocycles. The first-order chi connectivity index (χ1) is 7.79. The van der Waals surface area contributed by atoms with E-state index in [4.69, 9.17) is 5.26 Å². The van der Waals surface area contributed by atoms with Crippen molar-refractivity contribution in [1.82, 2.24) is 0 Å².